The van der Waals surface area contributed by atoms with Crippen molar-refractivity contribution < 1.29 is 4.42 Å². The Kier molecular flexibility index (Phi) is 6.58. The average Bonchev–Trinajstić information content (AvgIpc) is 3.74. The Labute approximate surface area is 325 Å². The molecule has 10 aromatic rings. The Morgan fingerprint density at radius 2 is 1.00 bits per heavy atom. The van der Waals surface area contributed by atoms with E-state index in [1.807, 2.05) is 0 Å². The fourth-order valence-electron chi connectivity index (χ4n) is 10.6. The van der Waals surface area contributed by atoms with Crippen LogP contribution in [0.2, 0.25) is 0 Å². The first-order valence-corrected chi connectivity index (χ1v) is 19.9. The van der Waals surface area contributed by atoms with Gasteiger partial charge in [0.1, 0.15) is 11.2 Å². The summed E-state index contributed by atoms with van der Waals surface area (Å²) in [5.74, 6) is 0. The summed E-state index contributed by atoms with van der Waals surface area (Å²) in [4.78, 5) is 0. The fourth-order valence-corrected chi connectivity index (χ4v) is 10.6. The monoisotopic (exact) mass is 714 g/mol. The molecule has 0 amide bonds. The van der Waals surface area contributed by atoms with Crippen molar-refractivity contribution in [2.45, 2.75) is 32.1 Å². The van der Waals surface area contributed by atoms with Crippen LogP contribution < -0.4 is 10.4 Å². The third-order valence-corrected chi connectivity index (χ3v) is 13.0. The molecule has 0 unspecified atom stereocenters. The zero-order chi connectivity index (χ0) is 37.1. The van der Waals surface area contributed by atoms with Gasteiger partial charge in [-0.05, 0) is 129 Å². The standard InChI is InChI=1S/C55H38O/c1-55(2)48-30-24-34(32-47(48)45-28-27-43-44(54(45)55)29-31-50-53(43)46-22-12-13-23-49(46)56-50)35-25-26-42(37-17-7-6-16-36(35)37)52-40-20-10-8-18-38(40)51(33-14-4-3-5-15-33)39-19-9-11-21-41(39)52/h3-24,27-32H,25-26H2,1-2H3. The van der Waals surface area contributed by atoms with E-state index in [9.17, 15) is 0 Å². The van der Waals surface area contributed by atoms with Crippen LogP contribution in [0, 0.1) is 0 Å². The minimum atomic E-state index is -0.139. The zero-order valence-electron chi connectivity index (χ0n) is 31.5. The lowest BCUT2D eigenvalue weighted by atomic mass is 9.79. The van der Waals surface area contributed by atoms with E-state index in [-0.39, 0.29) is 5.41 Å². The number of furan rings is 1. The molecule has 1 heteroatoms. The summed E-state index contributed by atoms with van der Waals surface area (Å²) >= 11 is 0. The molecule has 9 aromatic carbocycles. The van der Waals surface area contributed by atoms with Gasteiger partial charge >= 0.3 is 0 Å². The Morgan fingerprint density at radius 1 is 0.411 bits per heavy atom. The van der Waals surface area contributed by atoms with Gasteiger partial charge in [-0.25, -0.2) is 0 Å². The van der Waals surface area contributed by atoms with E-state index in [1.165, 1.54) is 109 Å². The Morgan fingerprint density at radius 3 is 1.73 bits per heavy atom. The second-order valence-corrected chi connectivity index (χ2v) is 16.2. The van der Waals surface area contributed by atoms with Gasteiger partial charge in [-0.15, -0.1) is 0 Å². The molecule has 0 saturated carbocycles. The minimum absolute atomic E-state index is 0.139. The molecule has 0 radical (unpaired) electrons. The van der Waals surface area contributed by atoms with Crippen molar-refractivity contribution in [3.63, 3.8) is 0 Å². The maximum Gasteiger partial charge on any atom is 0.136 e. The normalized spacial score (nSPS) is 14.5. The number of hydrogen-bond acceptors (Lipinski definition) is 1. The second-order valence-electron chi connectivity index (χ2n) is 16.2. The van der Waals surface area contributed by atoms with Crippen LogP contribution in [0.25, 0.3) is 87.7 Å². The van der Waals surface area contributed by atoms with Gasteiger partial charge in [-0.3, -0.25) is 0 Å². The quantitative estimate of drug-likeness (QED) is 0.166. The SMILES string of the molecule is CC1(C)c2ccc(C3=c4ccccc4=C(c4c5ccccc5c(-c5ccccc5)c5ccccc45)CC3)cc2-c2ccc3c(ccc4oc5ccccc5c43)c21. The van der Waals surface area contributed by atoms with Crippen molar-refractivity contribution in [3.8, 4) is 22.3 Å². The molecule has 1 heterocycles. The predicted molar refractivity (Wildman–Crippen MR) is 236 cm³/mol. The van der Waals surface area contributed by atoms with Crippen LogP contribution in [0.3, 0.4) is 0 Å². The van der Waals surface area contributed by atoms with E-state index in [0.717, 1.165) is 24.0 Å². The summed E-state index contributed by atoms with van der Waals surface area (Å²) in [5, 5.41) is 12.9. The first-order chi connectivity index (χ1) is 27.6. The first-order valence-electron chi connectivity index (χ1n) is 19.9. The molecule has 0 fully saturated rings. The molecule has 1 nitrogen and oxygen atoms in total. The van der Waals surface area contributed by atoms with Crippen molar-refractivity contribution in [1.82, 2.24) is 0 Å². The van der Waals surface area contributed by atoms with Crippen LogP contribution >= 0.6 is 0 Å². The number of para-hydroxylation sites is 1. The van der Waals surface area contributed by atoms with Crippen molar-refractivity contribution in [3.05, 3.63) is 203 Å². The van der Waals surface area contributed by atoms with Crippen LogP contribution in [0.15, 0.2) is 174 Å². The number of hydrogen-bond donors (Lipinski definition) is 0. The van der Waals surface area contributed by atoms with E-state index in [0.29, 0.717) is 0 Å². The van der Waals surface area contributed by atoms with E-state index in [1.54, 1.807) is 0 Å². The first kappa shape index (κ1) is 31.6. The Balaban J connectivity index is 1.08. The van der Waals surface area contributed by atoms with Gasteiger partial charge in [0, 0.05) is 16.2 Å². The molecule has 0 N–H and O–H groups in total. The van der Waals surface area contributed by atoms with Crippen LogP contribution in [0.1, 0.15) is 48.9 Å². The molecule has 56 heavy (non-hydrogen) atoms. The van der Waals surface area contributed by atoms with Gasteiger partial charge in [-0.2, -0.15) is 0 Å². The average molecular weight is 715 g/mol. The van der Waals surface area contributed by atoms with Crippen LogP contribution in [-0.4, -0.2) is 0 Å². The Bertz CT molecular complexity index is 3370. The molecule has 2 aliphatic carbocycles. The van der Waals surface area contributed by atoms with E-state index >= 15 is 0 Å². The molecule has 0 bridgehead atoms. The minimum Gasteiger partial charge on any atom is -0.456 e. The van der Waals surface area contributed by atoms with Crippen molar-refractivity contribution in [2.24, 2.45) is 0 Å². The third-order valence-electron chi connectivity index (χ3n) is 13.0. The lowest BCUT2D eigenvalue weighted by Crippen LogP contribution is -2.32. The van der Waals surface area contributed by atoms with E-state index in [2.05, 4.69) is 184 Å². The Hall–Kier alpha value is -6.70. The topological polar surface area (TPSA) is 13.1 Å². The lowest BCUT2D eigenvalue weighted by molar-refractivity contribution is 0.665. The molecule has 0 aliphatic heterocycles. The second kappa shape index (κ2) is 11.7. The largest absolute Gasteiger partial charge is 0.456 e. The third kappa shape index (κ3) is 4.31. The van der Waals surface area contributed by atoms with Gasteiger partial charge in [-0.1, -0.05) is 166 Å². The maximum absolute atomic E-state index is 6.30. The van der Waals surface area contributed by atoms with Crippen molar-refractivity contribution >= 4 is 65.4 Å². The highest BCUT2D eigenvalue weighted by atomic mass is 16.3. The van der Waals surface area contributed by atoms with Crippen molar-refractivity contribution in [1.29, 1.82) is 0 Å². The van der Waals surface area contributed by atoms with Crippen LogP contribution in [0.5, 0.6) is 0 Å². The van der Waals surface area contributed by atoms with Crippen LogP contribution in [-0.2, 0) is 5.41 Å². The van der Waals surface area contributed by atoms with Crippen LogP contribution in [0.4, 0.5) is 0 Å². The van der Waals surface area contributed by atoms with Crippen molar-refractivity contribution in [2.75, 3.05) is 0 Å². The van der Waals surface area contributed by atoms with Gasteiger partial charge in [0.05, 0.1) is 0 Å². The molecule has 0 spiro atoms. The summed E-state index contributed by atoms with van der Waals surface area (Å²) in [6.07, 6.45) is 1.96. The van der Waals surface area contributed by atoms with Gasteiger partial charge in [0.25, 0.3) is 0 Å². The summed E-state index contributed by atoms with van der Waals surface area (Å²) in [7, 11) is 0. The highest BCUT2D eigenvalue weighted by Gasteiger charge is 2.37. The molecule has 12 rings (SSSR count). The molecule has 0 saturated heterocycles. The molecular weight excluding hydrogens is 677 g/mol. The summed E-state index contributed by atoms with van der Waals surface area (Å²) < 4.78 is 6.30. The van der Waals surface area contributed by atoms with E-state index < -0.39 is 0 Å². The van der Waals surface area contributed by atoms with Gasteiger partial charge < -0.3 is 4.42 Å². The van der Waals surface area contributed by atoms with E-state index in [4.69, 9.17) is 4.42 Å². The van der Waals surface area contributed by atoms with Gasteiger partial charge in [0.15, 0.2) is 0 Å². The zero-order valence-corrected chi connectivity index (χ0v) is 31.5. The molecule has 1 aromatic heterocycles. The maximum atomic E-state index is 6.30. The predicted octanol–water partition coefficient (Wildman–Crippen LogP) is 13.2. The highest BCUT2D eigenvalue weighted by molar-refractivity contribution is 6.21. The summed E-state index contributed by atoms with van der Waals surface area (Å²) in [5.41, 5.74) is 15.4. The number of rotatable bonds is 3. The molecule has 0 atom stereocenters. The molecular formula is C55H38O. The number of fused-ring (bicyclic) bond motifs is 12. The lowest BCUT2D eigenvalue weighted by Gasteiger charge is -2.24. The molecule has 2 aliphatic rings. The summed E-state index contributed by atoms with van der Waals surface area (Å²) in [6, 6.07) is 63.0. The number of benzene rings is 9. The smallest absolute Gasteiger partial charge is 0.136 e. The van der Waals surface area contributed by atoms with Gasteiger partial charge in [0.2, 0.25) is 0 Å². The fraction of sp³-hybridized carbons (Fsp3) is 0.0909. The molecule has 264 valence electrons. The summed E-state index contributed by atoms with van der Waals surface area (Å²) in [6.45, 7) is 4.80. The highest BCUT2D eigenvalue weighted by Crippen LogP contribution is 2.53.